The van der Waals surface area contributed by atoms with Crippen molar-refractivity contribution in [2.45, 2.75) is 125 Å². The van der Waals surface area contributed by atoms with Crippen molar-refractivity contribution in [3.63, 3.8) is 0 Å². The van der Waals surface area contributed by atoms with Crippen molar-refractivity contribution in [2.24, 2.45) is 5.73 Å². The molecule has 0 fully saturated rings. The van der Waals surface area contributed by atoms with Gasteiger partial charge in [0.1, 0.15) is 20.0 Å². The molecule has 2 amide bonds. The molecule has 0 saturated heterocycles. The van der Waals surface area contributed by atoms with Gasteiger partial charge in [-0.3, -0.25) is 19.4 Å². The second kappa shape index (κ2) is 23.6. The molecule has 2 aromatic carbocycles. The molecule has 15 heteroatoms. The Labute approximate surface area is 397 Å². The van der Waals surface area contributed by atoms with Gasteiger partial charge in [0, 0.05) is 84.2 Å². The Balaban J connectivity index is 0.000000214. The fourth-order valence-electron chi connectivity index (χ4n) is 7.24. The highest BCUT2D eigenvalue weighted by Crippen LogP contribution is 2.47. The smallest absolute Gasteiger partial charge is 0.248 e. The van der Waals surface area contributed by atoms with Gasteiger partial charge in [-0.2, -0.15) is 13.5 Å². The Hall–Kier alpha value is -3.51. The normalized spacial score (nSPS) is 14.8. The Bertz CT molecular complexity index is 2380. The Morgan fingerprint density at radius 1 is 0.746 bits per heavy atom. The molecular formula is C48H66N8O2S5. The lowest BCUT2D eigenvalue weighted by atomic mass is 10.0. The van der Waals surface area contributed by atoms with Crippen LogP contribution in [0.1, 0.15) is 95.5 Å². The Morgan fingerprint density at radius 3 is 1.62 bits per heavy atom. The van der Waals surface area contributed by atoms with E-state index < -0.39 is 0 Å². The molecule has 63 heavy (non-hydrogen) atoms. The maximum Gasteiger partial charge on any atom is 0.248 e. The standard InChI is InChI=1S/C24H32N4OS2.C20H21N3OS2.C4H11N.H2S/c1-5-16(4)25-12-10-21(29)27-24-22(23-26-18-8-6-7-9-19(18)30-23)17-11-13-28(15(2)3)14-20(17)31-24;1-4-17(24)22-20-18(19-21-14-7-5-6-8-15(14)25-19)13-9-10-23(12(2)3)11-16(13)26-20;1-3-4(2)5;/h6-9,15-16,25H,5,10-14H2,1-4H3,(H,27,29);4-8,12H,1,9-11H2,2-3H3,(H,22,24);4H,3,5H2,1-2H3;1H2/t16-;;4-;/m0.0./s1. The monoisotopic (exact) mass is 946 g/mol. The number of nitrogens with two attached hydrogens (primary N) is 1. The second-order valence-corrected chi connectivity index (χ2v) is 20.9. The van der Waals surface area contributed by atoms with E-state index in [4.69, 9.17) is 15.7 Å². The number of benzene rings is 2. The molecule has 340 valence electrons. The predicted octanol–water partition coefficient (Wildman–Crippen LogP) is 11.3. The largest absolute Gasteiger partial charge is 0.328 e. The summed E-state index contributed by atoms with van der Waals surface area (Å²) >= 11 is 6.82. The molecule has 2 aliphatic rings. The molecule has 6 aromatic rings. The van der Waals surface area contributed by atoms with Gasteiger partial charge in [0.25, 0.3) is 0 Å². The maximum absolute atomic E-state index is 12.8. The van der Waals surface area contributed by atoms with Crippen molar-refractivity contribution in [3.8, 4) is 21.1 Å². The lowest BCUT2D eigenvalue weighted by Gasteiger charge is -2.30. The number of nitrogens with zero attached hydrogens (tertiary/aromatic N) is 4. The summed E-state index contributed by atoms with van der Waals surface area (Å²) in [4.78, 5) is 42.2. The summed E-state index contributed by atoms with van der Waals surface area (Å²) in [7, 11) is 0. The van der Waals surface area contributed by atoms with Crippen molar-refractivity contribution in [1.29, 1.82) is 0 Å². The van der Waals surface area contributed by atoms with Gasteiger partial charge in [0.05, 0.1) is 20.4 Å². The summed E-state index contributed by atoms with van der Waals surface area (Å²) in [5.41, 5.74) is 12.3. The SMILES string of the molecule is C=CC(=O)Nc1sc2c(c1-c1nc3ccccc3s1)CCN(C(C)C)C2.CC[C@H](C)N.CC[C@H](C)NCCC(=O)Nc1sc2c(c1-c1nc3ccccc3s1)CCN(C(C)C)C2.S. The molecule has 0 saturated carbocycles. The molecular weight excluding hydrogens is 881 g/mol. The van der Waals surface area contributed by atoms with Crippen molar-refractivity contribution in [1.82, 2.24) is 25.1 Å². The van der Waals surface area contributed by atoms with Crippen LogP contribution in [-0.4, -0.2) is 75.4 Å². The van der Waals surface area contributed by atoms with Crippen LogP contribution < -0.4 is 21.7 Å². The van der Waals surface area contributed by atoms with Crippen LogP contribution in [0.5, 0.6) is 0 Å². The first-order valence-electron chi connectivity index (χ1n) is 22.0. The molecule has 5 N–H and O–H groups in total. The summed E-state index contributed by atoms with van der Waals surface area (Å²) < 4.78 is 2.36. The van der Waals surface area contributed by atoms with E-state index in [1.54, 1.807) is 45.3 Å². The number of para-hydroxylation sites is 2. The predicted molar refractivity (Wildman–Crippen MR) is 279 cm³/mol. The number of amides is 2. The highest BCUT2D eigenvalue weighted by Gasteiger charge is 2.30. The number of thiophene rings is 2. The quantitative estimate of drug-likeness (QED) is 0.0843. The summed E-state index contributed by atoms with van der Waals surface area (Å²) in [6, 6.07) is 18.3. The minimum absolute atomic E-state index is 0. The first-order chi connectivity index (χ1) is 29.8. The van der Waals surface area contributed by atoms with Crippen molar-refractivity contribution < 1.29 is 9.59 Å². The van der Waals surface area contributed by atoms with E-state index in [0.29, 0.717) is 37.1 Å². The zero-order chi connectivity index (χ0) is 44.5. The van der Waals surface area contributed by atoms with Crippen LogP contribution >= 0.6 is 58.8 Å². The number of hydrogen-bond acceptors (Lipinski definition) is 12. The number of rotatable bonds is 13. The van der Waals surface area contributed by atoms with Crippen molar-refractivity contribution in [3.05, 3.63) is 82.1 Å². The van der Waals surface area contributed by atoms with E-state index in [1.807, 2.05) is 31.2 Å². The van der Waals surface area contributed by atoms with Crippen LogP contribution in [0, 0.1) is 0 Å². The summed E-state index contributed by atoms with van der Waals surface area (Å²) in [5, 5.41) is 13.5. The topological polar surface area (TPSA) is 129 Å². The van der Waals surface area contributed by atoms with Crippen molar-refractivity contribution in [2.75, 3.05) is 30.3 Å². The van der Waals surface area contributed by atoms with E-state index in [1.165, 1.54) is 36.4 Å². The van der Waals surface area contributed by atoms with E-state index in [-0.39, 0.29) is 25.3 Å². The summed E-state index contributed by atoms with van der Waals surface area (Å²) in [6.45, 7) is 25.6. The van der Waals surface area contributed by atoms with Gasteiger partial charge in [-0.1, -0.05) is 44.7 Å². The molecule has 4 aromatic heterocycles. The van der Waals surface area contributed by atoms with Crippen LogP contribution in [0.2, 0.25) is 0 Å². The highest BCUT2D eigenvalue weighted by molar-refractivity contribution is 7.59. The molecule has 8 rings (SSSR count). The number of thiazole rings is 2. The third kappa shape index (κ3) is 12.9. The lowest BCUT2D eigenvalue weighted by Crippen LogP contribution is -2.35. The lowest BCUT2D eigenvalue weighted by molar-refractivity contribution is -0.116. The fourth-order valence-corrected chi connectivity index (χ4v) is 12.0. The minimum atomic E-state index is -0.174. The maximum atomic E-state index is 12.8. The van der Waals surface area contributed by atoms with Gasteiger partial charge in [0.2, 0.25) is 11.8 Å². The fraction of sp³-hybridized carbons (Fsp3) is 0.458. The van der Waals surface area contributed by atoms with E-state index in [9.17, 15) is 9.59 Å². The van der Waals surface area contributed by atoms with Crippen LogP contribution in [0.3, 0.4) is 0 Å². The van der Waals surface area contributed by atoms with Crippen molar-refractivity contribution >= 4 is 101 Å². The molecule has 6 heterocycles. The number of fused-ring (bicyclic) bond motifs is 4. The van der Waals surface area contributed by atoms with E-state index >= 15 is 0 Å². The highest BCUT2D eigenvalue weighted by atomic mass is 32.1. The molecule has 10 nitrogen and oxygen atoms in total. The first kappa shape index (κ1) is 50.5. The number of aromatic nitrogens is 2. The third-order valence-electron chi connectivity index (χ3n) is 11.4. The van der Waals surface area contributed by atoms with E-state index in [2.05, 4.69) is 105 Å². The molecule has 0 bridgehead atoms. The molecule has 2 atom stereocenters. The van der Waals surface area contributed by atoms with Gasteiger partial charge in [-0.15, -0.1) is 45.3 Å². The summed E-state index contributed by atoms with van der Waals surface area (Å²) in [6.07, 6.45) is 5.93. The average Bonchev–Trinajstić information content (AvgIpc) is 4.05. The average molecular weight is 947 g/mol. The van der Waals surface area contributed by atoms with Gasteiger partial charge in [0.15, 0.2) is 0 Å². The van der Waals surface area contributed by atoms with Crippen LogP contribution in [-0.2, 0) is 35.5 Å². The Kier molecular flexibility index (Phi) is 18.9. The number of carbonyl (C=O) groups is 2. The minimum Gasteiger partial charge on any atom is -0.328 e. The molecule has 2 aliphatic heterocycles. The second-order valence-electron chi connectivity index (χ2n) is 16.7. The number of carbonyl (C=O) groups excluding carboxylic acids is 2. The van der Waals surface area contributed by atoms with E-state index in [0.717, 1.165) is 94.0 Å². The van der Waals surface area contributed by atoms with Crippen LogP contribution in [0.25, 0.3) is 41.6 Å². The number of hydrogen-bond donors (Lipinski definition) is 4. The molecule has 0 aliphatic carbocycles. The Morgan fingerprint density at radius 2 is 1.21 bits per heavy atom. The summed E-state index contributed by atoms with van der Waals surface area (Å²) in [5.74, 6) is -0.107. The number of nitrogens with one attached hydrogen (secondary N) is 3. The zero-order valence-electron chi connectivity index (χ0n) is 38.1. The van der Waals surface area contributed by atoms with Gasteiger partial charge < -0.3 is 21.7 Å². The van der Waals surface area contributed by atoms with Gasteiger partial charge in [-0.05, 0) is 109 Å². The first-order valence-corrected chi connectivity index (χ1v) is 25.3. The van der Waals surface area contributed by atoms with Gasteiger partial charge in [-0.25, -0.2) is 9.97 Å². The van der Waals surface area contributed by atoms with Crippen LogP contribution in [0.15, 0.2) is 61.2 Å². The zero-order valence-corrected chi connectivity index (χ0v) is 42.4. The third-order valence-corrected chi connectivity index (χ3v) is 15.8. The molecule has 0 radical (unpaired) electrons. The molecule has 0 spiro atoms. The molecule has 0 unspecified atom stereocenters. The van der Waals surface area contributed by atoms with Crippen LogP contribution in [0.4, 0.5) is 10.0 Å². The van der Waals surface area contributed by atoms with Gasteiger partial charge >= 0.3 is 0 Å². The number of anilines is 2.